The normalized spacial score (nSPS) is 11.1. The van der Waals surface area contributed by atoms with Crippen molar-refractivity contribution in [2.45, 2.75) is 20.0 Å². The van der Waals surface area contributed by atoms with E-state index in [9.17, 15) is 4.79 Å². The summed E-state index contributed by atoms with van der Waals surface area (Å²) in [6, 6.07) is 7.35. The molecule has 0 spiro atoms. The van der Waals surface area contributed by atoms with E-state index in [1.54, 1.807) is 4.68 Å². The second-order valence-corrected chi connectivity index (χ2v) is 5.03. The Morgan fingerprint density at radius 1 is 1.33 bits per heavy atom. The minimum absolute atomic E-state index is 0.348. The second-order valence-electron chi connectivity index (χ2n) is 5.03. The highest BCUT2D eigenvalue weighted by atomic mass is 16.4. The maximum Gasteiger partial charge on any atom is 0.336 e. The Morgan fingerprint density at radius 2 is 2.19 bits per heavy atom. The number of rotatable bonds is 4. The highest BCUT2D eigenvalue weighted by Crippen LogP contribution is 2.19. The Kier molecular flexibility index (Phi) is 3.53. The molecule has 21 heavy (non-hydrogen) atoms. The number of hydrogen-bond donors (Lipinski definition) is 1. The molecule has 0 amide bonds. The summed E-state index contributed by atoms with van der Waals surface area (Å²) in [6.07, 6.45) is 1.87. The van der Waals surface area contributed by atoms with Gasteiger partial charge in [0.2, 0.25) is 0 Å². The van der Waals surface area contributed by atoms with Gasteiger partial charge < -0.3 is 9.73 Å². The number of aromatic nitrogens is 3. The zero-order valence-electron chi connectivity index (χ0n) is 12.0. The van der Waals surface area contributed by atoms with Gasteiger partial charge in [-0.15, -0.1) is 5.10 Å². The van der Waals surface area contributed by atoms with Crippen molar-refractivity contribution >= 4 is 11.0 Å². The van der Waals surface area contributed by atoms with Gasteiger partial charge in [-0.1, -0.05) is 17.3 Å². The molecule has 2 heterocycles. The number of fused-ring (bicyclic) bond motifs is 1. The van der Waals surface area contributed by atoms with E-state index in [0.29, 0.717) is 18.7 Å². The minimum Gasteiger partial charge on any atom is -0.423 e. The molecule has 6 nitrogen and oxygen atoms in total. The van der Waals surface area contributed by atoms with E-state index in [-0.39, 0.29) is 5.63 Å². The van der Waals surface area contributed by atoms with Crippen LogP contribution in [0.3, 0.4) is 0 Å². The van der Waals surface area contributed by atoms with Gasteiger partial charge in [-0.3, -0.25) is 0 Å². The van der Waals surface area contributed by atoms with E-state index >= 15 is 0 Å². The van der Waals surface area contributed by atoms with Crippen LogP contribution < -0.4 is 10.9 Å². The third kappa shape index (κ3) is 2.85. The molecule has 0 saturated heterocycles. The average Bonchev–Trinajstić information content (AvgIpc) is 2.85. The summed E-state index contributed by atoms with van der Waals surface area (Å²) in [6.45, 7) is 3.12. The maximum absolute atomic E-state index is 11.7. The van der Waals surface area contributed by atoms with E-state index in [0.717, 1.165) is 22.2 Å². The van der Waals surface area contributed by atoms with Crippen molar-refractivity contribution in [1.29, 1.82) is 0 Å². The molecular formula is C15H16N4O2. The smallest absolute Gasteiger partial charge is 0.336 e. The molecule has 3 aromatic rings. The number of nitrogens with one attached hydrogen (secondary N) is 1. The average molecular weight is 284 g/mol. The van der Waals surface area contributed by atoms with Gasteiger partial charge in [-0.2, -0.15) is 0 Å². The molecule has 0 aliphatic rings. The third-order valence-electron chi connectivity index (χ3n) is 3.26. The first kappa shape index (κ1) is 13.5. The largest absolute Gasteiger partial charge is 0.423 e. The Hall–Kier alpha value is -2.47. The summed E-state index contributed by atoms with van der Waals surface area (Å²) in [7, 11) is 1.86. The molecule has 0 aliphatic carbocycles. The highest BCUT2D eigenvalue weighted by Gasteiger charge is 2.08. The van der Waals surface area contributed by atoms with Crippen molar-refractivity contribution < 1.29 is 4.42 Å². The molecule has 6 heteroatoms. The van der Waals surface area contributed by atoms with Crippen LogP contribution in [0.2, 0.25) is 0 Å². The molecule has 1 aromatic carbocycles. The fourth-order valence-electron chi connectivity index (χ4n) is 2.32. The summed E-state index contributed by atoms with van der Waals surface area (Å²) in [5, 5.41) is 12.1. The number of benzene rings is 1. The molecule has 0 atom stereocenters. The van der Waals surface area contributed by atoms with Crippen LogP contribution in [0, 0.1) is 6.92 Å². The van der Waals surface area contributed by atoms with Gasteiger partial charge in [0.15, 0.2) is 0 Å². The van der Waals surface area contributed by atoms with Gasteiger partial charge in [-0.05, 0) is 31.2 Å². The fourth-order valence-corrected chi connectivity index (χ4v) is 2.32. The lowest BCUT2D eigenvalue weighted by Gasteiger charge is -2.05. The van der Waals surface area contributed by atoms with Crippen LogP contribution >= 0.6 is 0 Å². The van der Waals surface area contributed by atoms with Crippen LogP contribution in [-0.4, -0.2) is 22.0 Å². The maximum atomic E-state index is 11.7. The van der Waals surface area contributed by atoms with Gasteiger partial charge >= 0.3 is 5.63 Å². The van der Waals surface area contributed by atoms with Crippen LogP contribution in [0.5, 0.6) is 0 Å². The zero-order valence-corrected chi connectivity index (χ0v) is 12.0. The Labute approximate surface area is 121 Å². The molecule has 2 aromatic heterocycles. The lowest BCUT2D eigenvalue weighted by atomic mass is 10.1. The van der Waals surface area contributed by atoms with Crippen LogP contribution in [0.4, 0.5) is 0 Å². The van der Waals surface area contributed by atoms with Crippen molar-refractivity contribution in [3.63, 3.8) is 0 Å². The fraction of sp³-hybridized carbons (Fsp3) is 0.267. The molecule has 0 saturated carbocycles. The molecular weight excluding hydrogens is 268 g/mol. The van der Waals surface area contributed by atoms with Crippen molar-refractivity contribution in [1.82, 2.24) is 20.3 Å². The summed E-state index contributed by atoms with van der Waals surface area (Å²) in [4.78, 5) is 11.7. The van der Waals surface area contributed by atoms with Gasteiger partial charge in [0.05, 0.1) is 18.4 Å². The summed E-state index contributed by atoms with van der Waals surface area (Å²) >= 11 is 0. The number of hydrogen-bond acceptors (Lipinski definition) is 5. The molecule has 108 valence electrons. The molecule has 0 fully saturated rings. The minimum atomic E-state index is -0.348. The van der Waals surface area contributed by atoms with Crippen LogP contribution in [0.1, 0.15) is 16.8 Å². The van der Waals surface area contributed by atoms with Crippen molar-refractivity contribution in [2.75, 3.05) is 7.05 Å². The van der Waals surface area contributed by atoms with Gasteiger partial charge in [-0.25, -0.2) is 9.48 Å². The van der Waals surface area contributed by atoms with Crippen molar-refractivity contribution in [3.05, 3.63) is 57.7 Å². The first-order valence-corrected chi connectivity index (χ1v) is 6.73. The first-order chi connectivity index (χ1) is 10.2. The molecule has 3 rings (SSSR count). The van der Waals surface area contributed by atoms with E-state index < -0.39 is 0 Å². The van der Waals surface area contributed by atoms with Crippen molar-refractivity contribution in [3.8, 4) is 0 Å². The van der Waals surface area contributed by atoms with Gasteiger partial charge in [0.1, 0.15) is 5.58 Å². The van der Waals surface area contributed by atoms with Crippen LogP contribution in [0.25, 0.3) is 11.0 Å². The number of nitrogens with zero attached hydrogens (tertiary/aromatic N) is 3. The standard InChI is InChI=1S/C15H16N4O2/c1-10-3-4-13-11(6-15(20)21-14(13)5-10)8-19-9-12(7-16-2)17-18-19/h3-6,9,16H,7-8H2,1-2H3. The van der Waals surface area contributed by atoms with Crippen molar-refractivity contribution in [2.24, 2.45) is 0 Å². The van der Waals surface area contributed by atoms with Crippen LogP contribution in [0.15, 0.2) is 39.7 Å². The Bertz CT molecular complexity index is 835. The number of aryl methyl sites for hydroxylation is 1. The predicted molar refractivity (Wildman–Crippen MR) is 79.1 cm³/mol. The molecule has 0 bridgehead atoms. The van der Waals surface area contributed by atoms with Gasteiger partial charge in [0, 0.05) is 18.0 Å². The highest BCUT2D eigenvalue weighted by molar-refractivity contribution is 5.80. The third-order valence-corrected chi connectivity index (χ3v) is 3.26. The summed E-state index contributed by atoms with van der Waals surface area (Å²) in [5.74, 6) is 0. The molecule has 0 aliphatic heterocycles. The Morgan fingerprint density at radius 3 is 3.00 bits per heavy atom. The SMILES string of the molecule is CNCc1cn(Cc2cc(=O)oc3cc(C)ccc23)nn1. The van der Waals surface area contributed by atoms with E-state index in [1.807, 2.05) is 38.4 Å². The van der Waals surface area contributed by atoms with Gasteiger partial charge in [0.25, 0.3) is 0 Å². The molecule has 0 radical (unpaired) electrons. The predicted octanol–water partition coefficient (Wildman–Crippen LogP) is 1.46. The lowest BCUT2D eigenvalue weighted by molar-refractivity contribution is 0.555. The van der Waals surface area contributed by atoms with Crippen LogP contribution in [-0.2, 0) is 13.1 Å². The molecule has 1 N–H and O–H groups in total. The zero-order chi connectivity index (χ0) is 14.8. The quantitative estimate of drug-likeness (QED) is 0.734. The Balaban J connectivity index is 2.01. The monoisotopic (exact) mass is 284 g/mol. The summed E-state index contributed by atoms with van der Waals surface area (Å²) < 4.78 is 6.98. The summed E-state index contributed by atoms with van der Waals surface area (Å²) in [5.41, 5.74) is 3.05. The lowest BCUT2D eigenvalue weighted by Crippen LogP contribution is -2.07. The van der Waals surface area contributed by atoms with E-state index in [2.05, 4.69) is 15.6 Å². The molecule has 0 unspecified atom stereocenters. The topological polar surface area (TPSA) is 73.0 Å². The van der Waals surface area contributed by atoms with E-state index in [4.69, 9.17) is 4.42 Å². The van der Waals surface area contributed by atoms with E-state index in [1.165, 1.54) is 6.07 Å². The first-order valence-electron chi connectivity index (χ1n) is 6.73. The second kappa shape index (κ2) is 5.49.